The van der Waals surface area contributed by atoms with E-state index in [0.29, 0.717) is 5.92 Å². The van der Waals surface area contributed by atoms with Crippen molar-refractivity contribution in [3.05, 3.63) is 34.3 Å². The smallest absolute Gasteiger partial charge is 0.0619 e. The van der Waals surface area contributed by atoms with Gasteiger partial charge in [0.15, 0.2) is 0 Å². The highest BCUT2D eigenvalue weighted by molar-refractivity contribution is 9.10. The van der Waals surface area contributed by atoms with E-state index in [1.54, 1.807) is 0 Å². The molecular weight excluding hydrogens is 276 g/mol. The van der Waals surface area contributed by atoms with Crippen molar-refractivity contribution in [1.82, 2.24) is 0 Å². The van der Waals surface area contributed by atoms with E-state index < -0.39 is 0 Å². The molecule has 1 aliphatic rings. The van der Waals surface area contributed by atoms with E-state index in [4.69, 9.17) is 0 Å². The van der Waals surface area contributed by atoms with E-state index in [1.165, 1.54) is 5.56 Å². The summed E-state index contributed by atoms with van der Waals surface area (Å²) in [6, 6.07) is 8.21. The fourth-order valence-electron chi connectivity index (χ4n) is 3.23. The SMILES string of the molecule is CC1(C)C(C(O)Cc2cccc(Br)c2)C1(C)C. The minimum Gasteiger partial charge on any atom is -0.392 e. The second-order valence-electron chi connectivity index (χ2n) is 6.32. The van der Waals surface area contributed by atoms with Gasteiger partial charge in [0.05, 0.1) is 6.10 Å². The second kappa shape index (κ2) is 4.10. The molecule has 0 bridgehead atoms. The fourth-order valence-corrected chi connectivity index (χ4v) is 3.68. The van der Waals surface area contributed by atoms with Crippen molar-refractivity contribution in [1.29, 1.82) is 0 Å². The minimum atomic E-state index is -0.241. The van der Waals surface area contributed by atoms with Crippen LogP contribution >= 0.6 is 15.9 Å². The lowest BCUT2D eigenvalue weighted by Gasteiger charge is -2.13. The van der Waals surface area contributed by atoms with Crippen molar-refractivity contribution < 1.29 is 5.11 Å². The Bertz CT molecular complexity index is 409. The van der Waals surface area contributed by atoms with Crippen LogP contribution in [0.5, 0.6) is 0 Å². The van der Waals surface area contributed by atoms with Crippen LogP contribution in [0.15, 0.2) is 28.7 Å². The van der Waals surface area contributed by atoms with Gasteiger partial charge in [-0.05, 0) is 40.9 Å². The summed E-state index contributed by atoms with van der Waals surface area (Å²) in [4.78, 5) is 0. The van der Waals surface area contributed by atoms with Crippen molar-refractivity contribution >= 4 is 15.9 Å². The Morgan fingerprint density at radius 1 is 1.24 bits per heavy atom. The lowest BCUT2D eigenvalue weighted by Crippen LogP contribution is -2.17. The highest BCUT2D eigenvalue weighted by atomic mass is 79.9. The van der Waals surface area contributed by atoms with E-state index in [2.05, 4.69) is 55.8 Å². The van der Waals surface area contributed by atoms with Gasteiger partial charge in [0.2, 0.25) is 0 Å². The van der Waals surface area contributed by atoms with Gasteiger partial charge in [-0.15, -0.1) is 0 Å². The van der Waals surface area contributed by atoms with Crippen LogP contribution in [-0.4, -0.2) is 11.2 Å². The number of halogens is 1. The molecule has 1 nitrogen and oxygen atoms in total. The summed E-state index contributed by atoms with van der Waals surface area (Å²) in [5, 5.41) is 10.4. The van der Waals surface area contributed by atoms with Gasteiger partial charge in [0.25, 0.3) is 0 Å². The van der Waals surface area contributed by atoms with E-state index in [1.807, 2.05) is 12.1 Å². The van der Waals surface area contributed by atoms with Gasteiger partial charge in [-0.3, -0.25) is 0 Å². The van der Waals surface area contributed by atoms with Gasteiger partial charge in [-0.2, -0.15) is 0 Å². The molecule has 17 heavy (non-hydrogen) atoms. The maximum absolute atomic E-state index is 10.4. The third-order valence-electron chi connectivity index (χ3n) is 4.85. The zero-order valence-corrected chi connectivity index (χ0v) is 12.6. The Labute approximate surface area is 112 Å². The Morgan fingerprint density at radius 2 is 1.82 bits per heavy atom. The van der Waals surface area contributed by atoms with Gasteiger partial charge >= 0.3 is 0 Å². The van der Waals surface area contributed by atoms with Gasteiger partial charge in [-0.25, -0.2) is 0 Å². The predicted octanol–water partition coefficient (Wildman–Crippen LogP) is 4.03. The van der Waals surface area contributed by atoms with Gasteiger partial charge in [0, 0.05) is 4.47 Å². The minimum absolute atomic E-state index is 0.241. The summed E-state index contributed by atoms with van der Waals surface area (Å²) in [7, 11) is 0. The Kier molecular flexibility index (Phi) is 3.16. The molecule has 1 unspecified atom stereocenters. The molecule has 1 fully saturated rings. The maximum atomic E-state index is 10.4. The van der Waals surface area contributed by atoms with E-state index in [0.717, 1.165) is 10.9 Å². The molecule has 1 aliphatic carbocycles. The molecular formula is C15H21BrO. The van der Waals surface area contributed by atoms with Crippen LogP contribution in [0.3, 0.4) is 0 Å². The van der Waals surface area contributed by atoms with Crippen molar-refractivity contribution in [2.45, 2.75) is 40.2 Å². The number of aliphatic hydroxyl groups excluding tert-OH is 1. The van der Waals surface area contributed by atoms with E-state index in [-0.39, 0.29) is 16.9 Å². The van der Waals surface area contributed by atoms with Crippen LogP contribution in [0.1, 0.15) is 33.3 Å². The van der Waals surface area contributed by atoms with Gasteiger partial charge < -0.3 is 5.11 Å². The van der Waals surface area contributed by atoms with Gasteiger partial charge in [0.1, 0.15) is 0 Å². The summed E-state index contributed by atoms with van der Waals surface area (Å²) in [5.74, 6) is 0.397. The highest BCUT2D eigenvalue weighted by Crippen LogP contribution is 2.69. The van der Waals surface area contributed by atoms with Crippen LogP contribution in [-0.2, 0) is 6.42 Å². The Balaban J connectivity index is 2.07. The standard InChI is InChI=1S/C15H21BrO/c1-14(2)13(15(14,3)4)12(17)9-10-6-5-7-11(16)8-10/h5-8,12-13,17H,9H2,1-4H3. The van der Waals surface area contributed by atoms with Crippen LogP contribution in [0.25, 0.3) is 0 Å². The average Bonchev–Trinajstić information content (AvgIpc) is 2.56. The summed E-state index contributed by atoms with van der Waals surface area (Å²) in [6.07, 6.45) is 0.506. The number of hydrogen-bond acceptors (Lipinski definition) is 1. The van der Waals surface area contributed by atoms with Crippen LogP contribution in [0.4, 0.5) is 0 Å². The topological polar surface area (TPSA) is 20.2 Å². The summed E-state index contributed by atoms with van der Waals surface area (Å²) < 4.78 is 1.08. The summed E-state index contributed by atoms with van der Waals surface area (Å²) in [6.45, 7) is 9.01. The van der Waals surface area contributed by atoms with Crippen molar-refractivity contribution in [3.63, 3.8) is 0 Å². The largest absolute Gasteiger partial charge is 0.392 e. The average molecular weight is 297 g/mol. The second-order valence-corrected chi connectivity index (χ2v) is 7.24. The predicted molar refractivity (Wildman–Crippen MR) is 74.9 cm³/mol. The zero-order chi connectivity index (χ0) is 12.8. The normalized spacial score (nSPS) is 23.4. The zero-order valence-electron chi connectivity index (χ0n) is 11.0. The molecule has 1 aromatic carbocycles. The van der Waals surface area contributed by atoms with E-state index >= 15 is 0 Å². The third kappa shape index (κ3) is 2.17. The first kappa shape index (κ1) is 13.1. The first-order valence-electron chi connectivity index (χ1n) is 6.19. The number of benzene rings is 1. The number of hydrogen-bond donors (Lipinski definition) is 1. The molecule has 1 N–H and O–H groups in total. The molecule has 94 valence electrons. The highest BCUT2D eigenvalue weighted by Gasteiger charge is 2.66. The van der Waals surface area contributed by atoms with Crippen LogP contribution in [0.2, 0.25) is 0 Å². The van der Waals surface area contributed by atoms with Gasteiger partial charge in [-0.1, -0.05) is 55.8 Å². The molecule has 0 amide bonds. The molecule has 0 radical (unpaired) electrons. The maximum Gasteiger partial charge on any atom is 0.0619 e. The molecule has 1 saturated carbocycles. The molecule has 1 atom stereocenters. The lowest BCUT2D eigenvalue weighted by molar-refractivity contribution is 0.129. The quantitative estimate of drug-likeness (QED) is 0.893. The van der Waals surface area contributed by atoms with Crippen molar-refractivity contribution in [2.24, 2.45) is 16.7 Å². The Hall–Kier alpha value is -0.340. The molecule has 2 rings (SSSR count). The van der Waals surface area contributed by atoms with Crippen molar-refractivity contribution in [2.75, 3.05) is 0 Å². The monoisotopic (exact) mass is 296 g/mol. The molecule has 0 aliphatic heterocycles. The first-order chi connectivity index (χ1) is 7.76. The number of aliphatic hydroxyl groups is 1. The molecule has 0 spiro atoms. The molecule has 0 heterocycles. The van der Waals surface area contributed by atoms with Crippen LogP contribution in [0, 0.1) is 16.7 Å². The van der Waals surface area contributed by atoms with E-state index in [9.17, 15) is 5.11 Å². The third-order valence-corrected chi connectivity index (χ3v) is 5.34. The molecule has 1 aromatic rings. The molecule has 0 aromatic heterocycles. The lowest BCUT2D eigenvalue weighted by atomic mass is 10.00. The Morgan fingerprint density at radius 3 is 2.29 bits per heavy atom. The molecule has 2 heteroatoms. The fraction of sp³-hybridized carbons (Fsp3) is 0.600. The first-order valence-corrected chi connectivity index (χ1v) is 6.98. The summed E-state index contributed by atoms with van der Waals surface area (Å²) >= 11 is 3.47. The molecule has 0 saturated heterocycles. The number of rotatable bonds is 3. The van der Waals surface area contributed by atoms with Crippen molar-refractivity contribution in [3.8, 4) is 0 Å². The summed E-state index contributed by atoms with van der Waals surface area (Å²) in [5.41, 5.74) is 1.70. The van der Waals surface area contributed by atoms with Crippen LogP contribution < -0.4 is 0 Å².